The fraction of sp³-hybridized carbons (Fsp3) is 0.600. The quantitative estimate of drug-likeness (QED) is 0.882. The van der Waals surface area contributed by atoms with Crippen molar-refractivity contribution in [3.8, 4) is 5.88 Å². The van der Waals surface area contributed by atoms with Crippen LogP contribution in [0.4, 0.5) is 0 Å². The summed E-state index contributed by atoms with van der Waals surface area (Å²) in [5, 5.41) is 9.74. The van der Waals surface area contributed by atoms with Crippen molar-refractivity contribution in [1.82, 2.24) is 14.8 Å². The molecule has 1 aliphatic rings. The molecular weight excluding hydrogens is 306 g/mol. The van der Waals surface area contributed by atoms with Crippen LogP contribution in [0, 0.1) is 0 Å². The fourth-order valence-electron chi connectivity index (χ4n) is 2.46. The molecule has 6 nitrogen and oxygen atoms in total. The Kier molecular flexibility index (Phi) is 5.99. The van der Waals surface area contributed by atoms with Crippen LogP contribution < -0.4 is 4.74 Å². The Hall–Kier alpha value is -1.37. The number of aliphatic hydroxyl groups is 1. The topological polar surface area (TPSA) is 65.9 Å². The predicted molar refractivity (Wildman–Crippen MR) is 84.4 cm³/mol. The first kappa shape index (κ1) is 17.0. The summed E-state index contributed by atoms with van der Waals surface area (Å²) in [5.74, 6) is 0.228. The third kappa shape index (κ3) is 4.32. The van der Waals surface area contributed by atoms with E-state index in [2.05, 4.69) is 9.88 Å². The summed E-state index contributed by atoms with van der Waals surface area (Å²) in [7, 11) is 0. The van der Waals surface area contributed by atoms with Gasteiger partial charge in [0.15, 0.2) is 5.69 Å². The van der Waals surface area contributed by atoms with Gasteiger partial charge in [0.25, 0.3) is 5.91 Å². The first-order valence-electron chi connectivity index (χ1n) is 7.50. The van der Waals surface area contributed by atoms with Gasteiger partial charge in [-0.1, -0.05) is 11.6 Å². The van der Waals surface area contributed by atoms with E-state index in [0.29, 0.717) is 37.1 Å². The number of carbonyl (C=O) groups excluding carboxylic acids is 1. The van der Waals surface area contributed by atoms with Gasteiger partial charge in [-0.15, -0.1) is 0 Å². The third-order valence-corrected chi connectivity index (χ3v) is 3.80. The third-order valence-electron chi connectivity index (χ3n) is 3.50. The minimum Gasteiger partial charge on any atom is -0.478 e. The number of β-amino-alcohol motifs (C(OH)–C–C–N with tert-alkyl or cyclic N) is 1. The Morgan fingerprint density at radius 1 is 1.41 bits per heavy atom. The number of piperazine rings is 1. The number of amides is 1. The standard InChI is InChI=1S/C15H22ClN3O3/c1-3-22-13-5-4-12(16)14(17-13)15(21)19-8-6-18(7-9-19)10-11(2)20/h4-5,11,20H,3,6-10H2,1-2H3/t11-/m0/s1. The lowest BCUT2D eigenvalue weighted by molar-refractivity contribution is 0.0548. The first-order chi connectivity index (χ1) is 10.5. The Morgan fingerprint density at radius 2 is 2.09 bits per heavy atom. The van der Waals surface area contributed by atoms with Crippen LogP contribution in [0.5, 0.6) is 5.88 Å². The molecule has 0 radical (unpaired) electrons. The average molecular weight is 328 g/mol. The van der Waals surface area contributed by atoms with Crippen molar-refractivity contribution in [2.24, 2.45) is 0 Å². The Morgan fingerprint density at radius 3 is 2.68 bits per heavy atom. The van der Waals surface area contributed by atoms with Gasteiger partial charge in [-0.3, -0.25) is 9.69 Å². The number of hydrogen-bond donors (Lipinski definition) is 1. The van der Waals surface area contributed by atoms with Gasteiger partial charge in [-0.25, -0.2) is 4.98 Å². The Labute approximate surface area is 135 Å². The highest BCUT2D eigenvalue weighted by Crippen LogP contribution is 2.20. The van der Waals surface area contributed by atoms with E-state index in [1.807, 2.05) is 6.92 Å². The van der Waals surface area contributed by atoms with Gasteiger partial charge in [0, 0.05) is 38.8 Å². The molecule has 2 heterocycles. The molecule has 1 aliphatic heterocycles. The maximum atomic E-state index is 12.6. The largest absolute Gasteiger partial charge is 0.478 e. The first-order valence-corrected chi connectivity index (χ1v) is 7.88. The van der Waals surface area contributed by atoms with Gasteiger partial charge in [0.05, 0.1) is 17.7 Å². The van der Waals surface area contributed by atoms with E-state index in [9.17, 15) is 9.90 Å². The number of aromatic nitrogens is 1. The zero-order valence-corrected chi connectivity index (χ0v) is 13.7. The van der Waals surface area contributed by atoms with Crippen molar-refractivity contribution in [3.05, 3.63) is 22.8 Å². The molecule has 1 amide bonds. The monoisotopic (exact) mass is 327 g/mol. The second-order valence-corrected chi connectivity index (χ2v) is 5.76. The molecule has 1 saturated heterocycles. The number of hydrogen-bond acceptors (Lipinski definition) is 5. The maximum Gasteiger partial charge on any atom is 0.274 e. The summed E-state index contributed by atoms with van der Waals surface area (Å²) >= 11 is 6.10. The minimum absolute atomic E-state index is 0.178. The van der Waals surface area contributed by atoms with Crippen molar-refractivity contribution < 1.29 is 14.6 Å². The molecule has 1 N–H and O–H groups in total. The van der Waals surface area contributed by atoms with Gasteiger partial charge >= 0.3 is 0 Å². The van der Waals surface area contributed by atoms with E-state index >= 15 is 0 Å². The van der Waals surface area contributed by atoms with Crippen LogP contribution >= 0.6 is 11.6 Å². The number of aliphatic hydroxyl groups excluding tert-OH is 1. The molecule has 2 rings (SSSR count). The molecule has 0 bridgehead atoms. The molecule has 0 aliphatic carbocycles. The normalized spacial score (nSPS) is 17.4. The summed E-state index contributed by atoms with van der Waals surface area (Å²) in [6, 6.07) is 3.29. The highest BCUT2D eigenvalue weighted by atomic mass is 35.5. The molecule has 1 aromatic rings. The number of nitrogens with zero attached hydrogens (tertiary/aromatic N) is 3. The molecule has 0 unspecified atom stereocenters. The average Bonchev–Trinajstić information content (AvgIpc) is 2.49. The van der Waals surface area contributed by atoms with E-state index < -0.39 is 0 Å². The fourth-order valence-corrected chi connectivity index (χ4v) is 2.65. The SMILES string of the molecule is CCOc1ccc(Cl)c(C(=O)N2CCN(C[C@H](C)O)CC2)n1. The number of carbonyl (C=O) groups is 1. The molecular formula is C15H22ClN3O3. The second-order valence-electron chi connectivity index (χ2n) is 5.35. The molecule has 0 aromatic carbocycles. The van der Waals surface area contributed by atoms with E-state index in [-0.39, 0.29) is 17.7 Å². The molecule has 7 heteroatoms. The zero-order valence-electron chi connectivity index (χ0n) is 13.0. The van der Waals surface area contributed by atoms with Crippen LogP contribution in [-0.4, -0.2) is 71.2 Å². The summed E-state index contributed by atoms with van der Waals surface area (Å²) in [5.41, 5.74) is 0.233. The number of pyridine rings is 1. The van der Waals surface area contributed by atoms with Gasteiger partial charge in [-0.2, -0.15) is 0 Å². The Balaban J connectivity index is 2.02. The highest BCUT2D eigenvalue weighted by molar-refractivity contribution is 6.33. The van der Waals surface area contributed by atoms with Crippen LogP contribution in [0.3, 0.4) is 0 Å². The van der Waals surface area contributed by atoms with Crippen molar-refractivity contribution in [2.45, 2.75) is 20.0 Å². The highest BCUT2D eigenvalue weighted by Gasteiger charge is 2.25. The number of rotatable bonds is 5. The maximum absolute atomic E-state index is 12.6. The lowest BCUT2D eigenvalue weighted by Crippen LogP contribution is -2.50. The lowest BCUT2D eigenvalue weighted by atomic mass is 10.2. The summed E-state index contributed by atoms with van der Waals surface area (Å²) in [4.78, 5) is 20.6. The molecule has 122 valence electrons. The number of halogens is 1. The zero-order chi connectivity index (χ0) is 16.1. The van der Waals surface area contributed by atoms with Crippen LogP contribution in [-0.2, 0) is 0 Å². The van der Waals surface area contributed by atoms with Crippen LogP contribution in [0.2, 0.25) is 5.02 Å². The van der Waals surface area contributed by atoms with Gasteiger partial charge in [0.1, 0.15) is 0 Å². The predicted octanol–water partition coefficient (Wildman–Crippen LogP) is 1.27. The van der Waals surface area contributed by atoms with E-state index in [1.54, 1.807) is 24.0 Å². The van der Waals surface area contributed by atoms with E-state index in [1.165, 1.54) is 0 Å². The van der Waals surface area contributed by atoms with Gasteiger partial charge in [-0.05, 0) is 19.9 Å². The van der Waals surface area contributed by atoms with E-state index in [0.717, 1.165) is 13.1 Å². The van der Waals surface area contributed by atoms with Gasteiger partial charge < -0.3 is 14.7 Å². The summed E-state index contributed by atoms with van der Waals surface area (Å²) < 4.78 is 5.32. The number of ether oxygens (including phenoxy) is 1. The molecule has 22 heavy (non-hydrogen) atoms. The van der Waals surface area contributed by atoms with Crippen LogP contribution in [0.15, 0.2) is 12.1 Å². The summed E-state index contributed by atoms with van der Waals surface area (Å²) in [6.07, 6.45) is -0.360. The van der Waals surface area contributed by atoms with Crippen molar-refractivity contribution in [1.29, 1.82) is 0 Å². The molecule has 1 atom stereocenters. The van der Waals surface area contributed by atoms with Crippen LogP contribution in [0.25, 0.3) is 0 Å². The summed E-state index contributed by atoms with van der Waals surface area (Å²) in [6.45, 7) is 7.41. The van der Waals surface area contributed by atoms with Crippen molar-refractivity contribution in [3.63, 3.8) is 0 Å². The Bertz CT molecular complexity index is 517. The van der Waals surface area contributed by atoms with E-state index in [4.69, 9.17) is 16.3 Å². The molecule has 0 spiro atoms. The molecule has 1 aromatic heterocycles. The minimum atomic E-state index is -0.360. The van der Waals surface area contributed by atoms with Crippen molar-refractivity contribution in [2.75, 3.05) is 39.3 Å². The molecule has 0 saturated carbocycles. The van der Waals surface area contributed by atoms with Crippen LogP contribution in [0.1, 0.15) is 24.3 Å². The smallest absolute Gasteiger partial charge is 0.274 e. The van der Waals surface area contributed by atoms with Gasteiger partial charge in [0.2, 0.25) is 5.88 Å². The molecule has 1 fully saturated rings. The lowest BCUT2D eigenvalue weighted by Gasteiger charge is -2.35. The van der Waals surface area contributed by atoms with Crippen molar-refractivity contribution >= 4 is 17.5 Å². The second kappa shape index (κ2) is 7.76.